The Morgan fingerprint density at radius 1 is 1.35 bits per heavy atom. The van der Waals surface area contributed by atoms with Crippen molar-refractivity contribution in [1.82, 2.24) is 9.80 Å². The van der Waals surface area contributed by atoms with Gasteiger partial charge >= 0.3 is 5.97 Å². The zero-order valence-electron chi connectivity index (χ0n) is 9.76. The third kappa shape index (κ3) is 2.17. The molecule has 2 unspecified atom stereocenters. The van der Waals surface area contributed by atoms with Crippen molar-refractivity contribution in [2.75, 3.05) is 26.7 Å². The minimum absolute atomic E-state index is 0.0787. The predicted octanol–water partition coefficient (Wildman–Crippen LogP) is -0.602. The monoisotopic (exact) mass is 240 g/mol. The zero-order chi connectivity index (χ0) is 12.6. The van der Waals surface area contributed by atoms with E-state index in [0.29, 0.717) is 26.1 Å². The van der Waals surface area contributed by atoms with E-state index in [-0.39, 0.29) is 30.1 Å². The Labute approximate surface area is 99.2 Å². The van der Waals surface area contributed by atoms with Crippen molar-refractivity contribution in [3.63, 3.8) is 0 Å². The maximum Gasteiger partial charge on any atom is 0.304 e. The molecule has 0 spiro atoms. The second-order valence-corrected chi connectivity index (χ2v) is 4.68. The molecule has 17 heavy (non-hydrogen) atoms. The molecule has 0 aromatic carbocycles. The van der Waals surface area contributed by atoms with Crippen molar-refractivity contribution in [1.29, 1.82) is 0 Å². The fourth-order valence-electron chi connectivity index (χ4n) is 2.63. The Bertz CT molecular complexity index is 368. The van der Waals surface area contributed by atoms with E-state index in [2.05, 4.69) is 0 Å². The third-order valence-electron chi connectivity index (χ3n) is 3.63. The highest BCUT2D eigenvalue weighted by molar-refractivity contribution is 6.05. The topological polar surface area (TPSA) is 77.9 Å². The molecular formula is C11H16N2O4. The normalized spacial score (nSPS) is 29.6. The highest BCUT2D eigenvalue weighted by atomic mass is 16.4. The predicted molar refractivity (Wildman–Crippen MR) is 58.1 cm³/mol. The number of piperidine rings is 1. The number of fused-ring (bicyclic) bond motifs is 1. The van der Waals surface area contributed by atoms with Crippen molar-refractivity contribution in [3.8, 4) is 0 Å². The number of hydrogen-bond acceptors (Lipinski definition) is 4. The summed E-state index contributed by atoms with van der Waals surface area (Å²) in [7, 11) is 1.52. The van der Waals surface area contributed by atoms with Crippen LogP contribution in [-0.4, -0.2) is 59.4 Å². The number of carbonyl (C=O) groups is 3. The van der Waals surface area contributed by atoms with E-state index >= 15 is 0 Å². The third-order valence-corrected chi connectivity index (χ3v) is 3.63. The number of hydrogen-bond donors (Lipinski definition) is 1. The number of rotatable bonds is 3. The maximum atomic E-state index is 11.8. The minimum atomic E-state index is -0.835. The van der Waals surface area contributed by atoms with E-state index in [4.69, 9.17) is 5.11 Å². The van der Waals surface area contributed by atoms with Gasteiger partial charge < -0.3 is 10.0 Å². The van der Waals surface area contributed by atoms with Gasteiger partial charge in [-0.25, -0.2) is 0 Å². The average Bonchev–Trinajstić information content (AvgIpc) is 2.52. The van der Waals surface area contributed by atoms with Crippen LogP contribution >= 0.6 is 0 Å². The Morgan fingerprint density at radius 2 is 2.00 bits per heavy atom. The highest BCUT2D eigenvalue weighted by Gasteiger charge is 2.48. The molecule has 6 nitrogen and oxygen atoms in total. The van der Waals surface area contributed by atoms with Gasteiger partial charge in [0.25, 0.3) is 0 Å². The number of carboxylic acid groups (broad SMARTS) is 1. The van der Waals surface area contributed by atoms with Gasteiger partial charge in [-0.2, -0.15) is 0 Å². The van der Waals surface area contributed by atoms with Crippen LogP contribution in [0.25, 0.3) is 0 Å². The van der Waals surface area contributed by atoms with E-state index < -0.39 is 5.97 Å². The summed E-state index contributed by atoms with van der Waals surface area (Å²) in [6.07, 6.45) is 0.731. The maximum absolute atomic E-state index is 11.8. The molecule has 0 radical (unpaired) electrons. The Kier molecular flexibility index (Phi) is 3.15. The summed E-state index contributed by atoms with van der Waals surface area (Å²) >= 11 is 0. The SMILES string of the molecule is CN1C(=O)C2CCN(CCC(=O)O)CC2C1=O. The zero-order valence-corrected chi connectivity index (χ0v) is 9.76. The molecule has 0 aromatic rings. The summed E-state index contributed by atoms with van der Waals surface area (Å²) in [5.74, 6) is -1.50. The second kappa shape index (κ2) is 4.44. The van der Waals surface area contributed by atoms with E-state index in [9.17, 15) is 14.4 Å². The molecule has 0 aromatic heterocycles. The molecule has 2 aliphatic rings. The van der Waals surface area contributed by atoms with Gasteiger partial charge in [-0.15, -0.1) is 0 Å². The molecule has 0 aliphatic carbocycles. The van der Waals surface area contributed by atoms with Crippen LogP contribution in [0.3, 0.4) is 0 Å². The number of amides is 2. The van der Waals surface area contributed by atoms with Crippen LogP contribution in [0.2, 0.25) is 0 Å². The first kappa shape index (κ1) is 12.0. The van der Waals surface area contributed by atoms with E-state index in [1.165, 1.54) is 11.9 Å². The molecule has 94 valence electrons. The Balaban J connectivity index is 1.97. The first-order valence-corrected chi connectivity index (χ1v) is 5.76. The first-order chi connectivity index (χ1) is 8.00. The molecule has 2 heterocycles. The lowest BCUT2D eigenvalue weighted by Gasteiger charge is -2.31. The number of aliphatic carboxylic acids is 1. The van der Waals surface area contributed by atoms with Gasteiger partial charge in [0, 0.05) is 20.1 Å². The van der Waals surface area contributed by atoms with E-state index in [1.807, 2.05) is 4.90 Å². The van der Waals surface area contributed by atoms with Gasteiger partial charge in [-0.1, -0.05) is 0 Å². The van der Waals surface area contributed by atoms with Crippen LogP contribution in [0.15, 0.2) is 0 Å². The minimum Gasteiger partial charge on any atom is -0.481 e. The van der Waals surface area contributed by atoms with Crippen LogP contribution in [0.1, 0.15) is 12.8 Å². The van der Waals surface area contributed by atoms with Crippen LogP contribution in [0.4, 0.5) is 0 Å². The molecule has 2 saturated heterocycles. The molecule has 0 bridgehead atoms. The number of imide groups is 1. The van der Waals surface area contributed by atoms with Crippen LogP contribution in [0.5, 0.6) is 0 Å². The summed E-state index contributed by atoms with van der Waals surface area (Å²) in [4.78, 5) is 37.2. The summed E-state index contributed by atoms with van der Waals surface area (Å²) in [5.41, 5.74) is 0. The smallest absolute Gasteiger partial charge is 0.304 e. The molecule has 2 rings (SSSR count). The Hall–Kier alpha value is -1.43. The van der Waals surface area contributed by atoms with Crippen LogP contribution in [0, 0.1) is 11.8 Å². The van der Waals surface area contributed by atoms with Crippen molar-refractivity contribution in [3.05, 3.63) is 0 Å². The van der Waals surface area contributed by atoms with Gasteiger partial charge in [0.2, 0.25) is 11.8 Å². The first-order valence-electron chi connectivity index (χ1n) is 5.76. The number of nitrogens with zero attached hydrogens (tertiary/aromatic N) is 2. The summed E-state index contributed by atoms with van der Waals surface area (Å²) in [6.45, 7) is 1.65. The Morgan fingerprint density at radius 3 is 2.65 bits per heavy atom. The second-order valence-electron chi connectivity index (χ2n) is 4.68. The lowest BCUT2D eigenvalue weighted by atomic mass is 9.88. The van der Waals surface area contributed by atoms with Crippen LogP contribution < -0.4 is 0 Å². The van der Waals surface area contributed by atoms with Crippen molar-refractivity contribution < 1.29 is 19.5 Å². The van der Waals surface area contributed by atoms with Crippen molar-refractivity contribution >= 4 is 17.8 Å². The van der Waals surface area contributed by atoms with Gasteiger partial charge in [0.15, 0.2) is 0 Å². The molecule has 0 saturated carbocycles. The standard InChI is InChI=1S/C11H16N2O4/c1-12-10(16)7-2-4-13(5-3-9(14)15)6-8(7)11(12)17/h7-8H,2-6H2,1H3,(H,14,15). The largest absolute Gasteiger partial charge is 0.481 e. The van der Waals surface area contributed by atoms with Gasteiger partial charge in [0.1, 0.15) is 0 Å². The molecule has 2 amide bonds. The summed E-state index contributed by atoms with van der Waals surface area (Å²) in [6, 6.07) is 0. The molecule has 6 heteroatoms. The van der Waals surface area contributed by atoms with Gasteiger partial charge in [-0.3, -0.25) is 19.3 Å². The molecular weight excluding hydrogens is 224 g/mol. The van der Waals surface area contributed by atoms with E-state index in [1.54, 1.807) is 0 Å². The molecule has 2 atom stereocenters. The average molecular weight is 240 g/mol. The number of carbonyl (C=O) groups excluding carboxylic acids is 2. The van der Waals surface area contributed by atoms with Gasteiger partial charge in [0.05, 0.1) is 18.3 Å². The quantitative estimate of drug-likeness (QED) is 0.666. The van der Waals surface area contributed by atoms with Crippen LogP contribution in [-0.2, 0) is 14.4 Å². The summed E-state index contributed by atoms with van der Waals surface area (Å²) in [5, 5.41) is 8.61. The fraction of sp³-hybridized carbons (Fsp3) is 0.727. The summed E-state index contributed by atoms with van der Waals surface area (Å²) < 4.78 is 0. The number of carboxylic acids is 1. The molecule has 2 fully saturated rings. The number of likely N-dealkylation sites (tertiary alicyclic amines) is 2. The highest BCUT2D eigenvalue weighted by Crippen LogP contribution is 2.32. The van der Waals surface area contributed by atoms with E-state index in [0.717, 1.165) is 0 Å². The molecule has 2 aliphatic heterocycles. The van der Waals surface area contributed by atoms with Gasteiger partial charge in [-0.05, 0) is 13.0 Å². The fourth-order valence-corrected chi connectivity index (χ4v) is 2.63. The molecule has 1 N–H and O–H groups in total. The van der Waals surface area contributed by atoms with Crippen molar-refractivity contribution in [2.24, 2.45) is 11.8 Å². The van der Waals surface area contributed by atoms with Crippen molar-refractivity contribution in [2.45, 2.75) is 12.8 Å². The lowest BCUT2D eigenvalue weighted by Crippen LogP contribution is -2.42. The lowest BCUT2D eigenvalue weighted by molar-refractivity contribution is -0.138.